The van der Waals surface area contributed by atoms with Crippen molar-refractivity contribution in [1.82, 2.24) is 10.2 Å². The molecule has 212 valence electrons. The van der Waals surface area contributed by atoms with Gasteiger partial charge in [0.1, 0.15) is 18.3 Å². The van der Waals surface area contributed by atoms with Crippen molar-refractivity contribution < 1.29 is 22.7 Å². The van der Waals surface area contributed by atoms with Gasteiger partial charge in [0.25, 0.3) is 10.0 Å². The van der Waals surface area contributed by atoms with E-state index >= 15 is 0 Å². The molecule has 9 heteroatoms. The fraction of sp³-hybridized carbons (Fsp3) is 0.188. The van der Waals surface area contributed by atoms with Crippen LogP contribution in [0.3, 0.4) is 0 Å². The fourth-order valence-electron chi connectivity index (χ4n) is 4.57. The Hall–Kier alpha value is -4.63. The van der Waals surface area contributed by atoms with Gasteiger partial charge in [-0.2, -0.15) is 0 Å². The smallest absolute Gasteiger partial charge is 0.264 e. The summed E-state index contributed by atoms with van der Waals surface area (Å²) in [7, 11) is -1.23. The maximum absolute atomic E-state index is 14.3. The van der Waals surface area contributed by atoms with E-state index in [-0.39, 0.29) is 29.5 Å². The molecule has 4 rings (SSSR count). The standard InChI is InChI=1S/C32H33N3O5S/c1-33-32(37)29(22-25-14-6-3-7-15-25)34(23-26-16-8-4-9-17-26)31(36)24-35(28-20-12-13-21-30(28)40-2)41(38,39)27-18-10-5-11-19-27/h3-21,29H,22-24H2,1-2H3,(H,33,37)/t29-/m1/s1. The van der Waals surface area contributed by atoms with Crippen molar-refractivity contribution in [2.45, 2.75) is 23.9 Å². The molecule has 2 amide bonds. The highest BCUT2D eigenvalue weighted by Gasteiger charge is 2.35. The molecule has 0 saturated carbocycles. The van der Waals surface area contributed by atoms with Crippen LogP contribution in [0.4, 0.5) is 5.69 Å². The highest BCUT2D eigenvalue weighted by molar-refractivity contribution is 7.92. The Morgan fingerprint density at radius 3 is 1.90 bits per heavy atom. The quantitative estimate of drug-likeness (QED) is 0.274. The molecule has 0 aliphatic heterocycles. The number of hydrogen-bond acceptors (Lipinski definition) is 5. The summed E-state index contributed by atoms with van der Waals surface area (Å²) in [6.45, 7) is -0.442. The SMILES string of the molecule is CNC(=O)[C@@H](Cc1ccccc1)N(Cc1ccccc1)C(=O)CN(c1ccccc1OC)S(=O)(=O)c1ccccc1. The van der Waals surface area contributed by atoms with E-state index < -0.39 is 28.5 Å². The molecule has 0 aromatic heterocycles. The minimum atomic E-state index is -4.19. The van der Waals surface area contributed by atoms with Gasteiger partial charge in [-0.3, -0.25) is 13.9 Å². The second kappa shape index (κ2) is 13.6. The molecule has 4 aromatic carbocycles. The molecule has 0 unspecified atom stereocenters. The summed E-state index contributed by atoms with van der Waals surface area (Å²) in [4.78, 5) is 29.0. The third-order valence-corrected chi connectivity index (χ3v) is 8.45. The molecule has 0 spiro atoms. The Bertz CT molecular complexity index is 1550. The summed E-state index contributed by atoms with van der Waals surface area (Å²) in [6.07, 6.45) is 0.249. The van der Waals surface area contributed by atoms with Gasteiger partial charge in [-0.05, 0) is 35.4 Å². The Morgan fingerprint density at radius 1 is 0.780 bits per heavy atom. The van der Waals surface area contributed by atoms with E-state index in [1.807, 2.05) is 60.7 Å². The van der Waals surface area contributed by atoms with Crippen LogP contribution in [0.1, 0.15) is 11.1 Å². The van der Waals surface area contributed by atoms with Crippen LogP contribution in [0.5, 0.6) is 5.75 Å². The Kier molecular flexibility index (Phi) is 9.76. The van der Waals surface area contributed by atoms with E-state index in [4.69, 9.17) is 4.74 Å². The number of hydrogen-bond donors (Lipinski definition) is 1. The van der Waals surface area contributed by atoms with Crippen LogP contribution in [0.25, 0.3) is 0 Å². The van der Waals surface area contributed by atoms with Crippen molar-refractivity contribution >= 4 is 27.5 Å². The summed E-state index contributed by atoms with van der Waals surface area (Å²) < 4.78 is 34.5. The monoisotopic (exact) mass is 571 g/mol. The first-order chi connectivity index (χ1) is 19.8. The van der Waals surface area contributed by atoms with Crippen LogP contribution >= 0.6 is 0 Å². The number of anilines is 1. The number of carbonyl (C=O) groups excluding carboxylic acids is 2. The van der Waals surface area contributed by atoms with Gasteiger partial charge in [0.15, 0.2) is 0 Å². The molecule has 1 atom stereocenters. The lowest BCUT2D eigenvalue weighted by atomic mass is 10.0. The predicted molar refractivity (Wildman–Crippen MR) is 159 cm³/mol. The van der Waals surface area contributed by atoms with Crippen LogP contribution in [0, 0.1) is 0 Å². The Balaban J connectivity index is 1.79. The van der Waals surface area contributed by atoms with Gasteiger partial charge in [0.05, 0.1) is 17.7 Å². The highest BCUT2D eigenvalue weighted by Crippen LogP contribution is 2.32. The minimum Gasteiger partial charge on any atom is -0.495 e. The van der Waals surface area contributed by atoms with Gasteiger partial charge < -0.3 is 15.0 Å². The average molecular weight is 572 g/mol. The van der Waals surface area contributed by atoms with Gasteiger partial charge >= 0.3 is 0 Å². The second-order valence-corrected chi connectivity index (χ2v) is 11.2. The molecular formula is C32H33N3O5S. The number of likely N-dealkylation sites (N-methyl/N-ethyl adjacent to an activating group) is 1. The lowest BCUT2D eigenvalue weighted by Gasteiger charge is -2.33. The average Bonchev–Trinajstić information content (AvgIpc) is 3.02. The lowest BCUT2D eigenvalue weighted by molar-refractivity contribution is -0.139. The molecule has 41 heavy (non-hydrogen) atoms. The Morgan fingerprint density at radius 2 is 1.32 bits per heavy atom. The van der Waals surface area contributed by atoms with Gasteiger partial charge in [0.2, 0.25) is 11.8 Å². The van der Waals surface area contributed by atoms with Crippen molar-refractivity contribution in [2.24, 2.45) is 0 Å². The molecule has 0 fully saturated rings. The van der Waals surface area contributed by atoms with Crippen molar-refractivity contribution in [3.63, 3.8) is 0 Å². The zero-order valence-electron chi connectivity index (χ0n) is 23.0. The fourth-order valence-corrected chi connectivity index (χ4v) is 6.02. The minimum absolute atomic E-state index is 0.0282. The van der Waals surface area contributed by atoms with E-state index in [2.05, 4.69) is 5.32 Å². The maximum atomic E-state index is 14.3. The first-order valence-corrected chi connectivity index (χ1v) is 14.6. The molecule has 0 heterocycles. The zero-order valence-corrected chi connectivity index (χ0v) is 23.8. The third-order valence-electron chi connectivity index (χ3n) is 6.68. The van der Waals surface area contributed by atoms with E-state index in [9.17, 15) is 18.0 Å². The van der Waals surface area contributed by atoms with Gasteiger partial charge in [-0.15, -0.1) is 0 Å². The van der Waals surface area contributed by atoms with Crippen LogP contribution in [0.15, 0.2) is 120 Å². The zero-order chi connectivity index (χ0) is 29.2. The number of amides is 2. The number of para-hydroxylation sites is 2. The number of sulfonamides is 1. The van der Waals surface area contributed by atoms with Gasteiger partial charge in [-0.1, -0.05) is 91.0 Å². The summed E-state index contributed by atoms with van der Waals surface area (Å²) >= 11 is 0. The number of nitrogens with zero attached hydrogens (tertiary/aromatic N) is 2. The van der Waals surface area contributed by atoms with E-state index in [0.29, 0.717) is 5.75 Å². The molecular weight excluding hydrogens is 538 g/mol. The maximum Gasteiger partial charge on any atom is 0.264 e. The van der Waals surface area contributed by atoms with Gasteiger partial charge in [0, 0.05) is 20.0 Å². The second-order valence-electron chi connectivity index (χ2n) is 9.32. The van der Waals surface area contributed by atoms with E-state index in [1.165, 1.54) is 31.2 Å². The van der Waals surface area contributed by atoms with Crippen LogP contribution in [-0.2, 0) is 32.6 Å². The molecule has 1 N–H and O–H groups in total. The van der Waals surface area contributed by atoms with Crippen LogP contribution < -0.4 is 14.4 Å². The Labute approximate surface area is 241 Å². The van der Waals surface area contributed by atoms with Crippen molar-refractivity contribution in [3.8, 4) is 5.75 Å². The molecule has 0 aliphatic carbocycles. The number of methoxy groups -OCH3 is 1. The summed E-state index contributed by atoms with van der Waals surface area (Å²) in [5.74, 6) is -0.599. The molecule has 8 nitrogen and oxygen atoms in total. The first-order valence-electron chi connectivity index (χ1n) is 13.1. The molecule has 0 aliphatic rings. The molecule has 4 aromatic rings. The van der Waals surface area contributed by atoms with E-state index in [0.717, 1.165) is 15.4 Å². The number of rotatable bonds is 12. The predicted octanol–water partition coefficient (Wildman–Crippen LogP) is 4.28. The summed E-state index contributed by atoms with van der Waals surface area (Å²) in [6, 6.07) is 32.4. The van der Waals surface area contributed by atoms with Crippen molar-refractivity contribution in [1.29, 1.82) is 0 Å². The van der Waals surface area contributed by atoms with Crippen molar-refractivity contribution in [3.05, 3.63) is 126 Å². The van der Waals surface area contributed by atoms with Crippen molar-refractivity contribution in [2.75, 3.05) is 25.0 Å². The normalized spacial score (nSPS) is 11.8. The van der Waals surface area contributed by atoms with Gasteiger partial charge in [-0.25, -0.2) is 8.42 Å². The lowest BCUT2D eigenvalue weighted by Crippen LogP contribution is -2.53. The summed E-state index contributed by atoms with van der Waals surface area (Å²) in [5.41, 5.74) is 1.88. The number of carbonyl (C=O) groups is 2. The number of ether oxygens (including phenoxy) is 1. The molecule has 0 radical (unpaired) electrons. The number of nitrogens with one attached hydrogen (secondary N) is 1. The topological polar surface area (TPSA) is 96.0 Å². The van der Waals surface area contributed by atoms with Crippen LogP contribution in [0.2, 0.25) is 0 Å². The molecule has 0 saturated heterocycles. The first kappa shape index (κ1) is 29.4. The van der Waals surface area contributed by atoms with Crippen LogP contribution in [-0.4, -0.2) is 51.9 Å². The highest BCUT2D eigenvalue weighted by atomic mass is 32.2. The summed E-state index contributed by atoms with van der Waals surface area (Å²) in [5, 5.41) is 2.68. The third kappa shape index (κ3) is 7.12. The number of benzene rings is 4. The molecule has 0 bridgehead atoms. The largest absolute Gasteiger partial charge is 0.495 e. The van der Waals surface area contributed by atoms with E-state index in [1.54, 1.807) is 42.5 Å².